The van der Waals surface area contributed by atoms with Gasteiger partial charge in [0.05, 0.1) is 30.7 Å². The van der Waals surface area contributed by atoms with Crippen LogP contribution in [-0.4, -0.2) is 46.2 Å². The maximum Gasteiger partial charge on any atom is 0.311 e. The third-order valence-electron chi connectivity index (χ3n) is 7.39. The van der Waals surface area contributed by atoms with Gasteiger partial charge in [0, 0.05) is 36.2 Å². The van der Waals surface area contributed by atoms with Crippen molar-refractivity contribution in [2.45, 2.75) is 37.9 Å². The van der Waals surface area contributed by atoms with E-state index in [0.29, 0.717) is 5.69 Å². The zero-order valence-electron chi connectivity index (χ0n) is 17.7. The number of rotatable bonds is 4. The first-order chi connectivity index (χ1) is 15.5. The molecule has 3 aliphatic rings. The maximum absolute atomic E-state index is 14.4. The lowest BCUT2D eigenvalue weighted by atomic mass is 9.83. The van der Waals surface area contributed by atoms with Crippen molar-refractivity contribution in [2.24, 2.45) is 17.8 Å². The van der Waals surface area contributed by atoms with E-state index in [1.807, 2.05) is 0 Å². The minimum atomic E-state index is -0.772. The molecule has 168 valence electrons. The SMILES string of the molecule is COC(=O)[C@H]1[C@H](CO)[C@H]2Cn3c(ccc(-c4ccccc4F)c3=O)[C@@H]1N2C(=O)C1CCC1. The van der Waals surface area contributed by atoms with Gasteiger partial charge in [-0.15, -0.1) is 0 Å². The second-order valence-corrected chi connectivity index (χ2v) is 8.85. The summed E-state index contributed by atoms with van der Waals surface area (Å²) in [6, 6.07) is 8.12. The number of esters is 1. The molecule has 2 aliphatic heterocycles. The van der Waals surface area contributed by atoms with E-state index in [0.717, 1.165) is 19.3 Å². The maximum atomic E-state index is 14.4. The second-order valence-electron chi connectivity index (χ2n) is 8.85. The lowest BCUT2D eigenvalue weighted by molar-refractivity contribution is -0.149. The third-order valence-corrected chi connectivity index (χ3v) is 7.39. The molecule has 2 fully saturated rings. The van der Waals surface area contributed by atoms with Crippen molar-refractivity contribution in [1.29, 1.82) is 0 Å². The van der Waals surface area contributed by atoms with Gasteiger partial charge in [-0.1, -0.05) is 24.6 Å². The molecule has 1 N–H and O–H groups in total. The fourth-order valence-electron chi connectivity index (χ4n) is 5.56. The van der Waals surface area contributed by atoms with Crippen LogP contribution in [0.2, 0.25) is 0 Å². The van der Waals surface area contributed by atoms with Crippen LogP contribution in [0.4, 0.5) is 4.39 Å². The highest BCUT2D eigenvalue weighted by atomic mass is 19.1. The number of carbonyl (C=O) groups excluding carboxylic acids is 2. The number of hydrogen-bond donors (Lipinski definition) is 1. The van der Waals surface area contributed by atoms with Gasteiger partial charge in [-0.25, -0.2) is 4.39 Å². The Kier molecular flexibility index (Phi) is 5.12. The van der Waals surface area contributed by atoms with Crippen LogP contribution in [0.25, 0.3) is 11.1 Å². The topological polar surface area (TPSA) is 88.8 Å². The van der Waals surface area contributed by atoms with Crippen LogP contribution in [0.3, 0.4) is 0 Å². The zero-order chi connectivity index (χ0) is 22.6. The Balaban J connectivity index is 1.66. The number of benzene rings is 1. The number of fused-ring (bicyclic) bond motifs is 4. The monoisotopic (exact) mass is 440 g/mol. The highest BCUT2D eigenvalue weighted by Gasteiger charge is 2.58. The first kappa shape index (κ1) is 20.9. The van der Waals surface area contributed by atoms with Crippen LogP contribution in [0.15, 0.2) is 41.2 Å². The molecule has 1 saturated heterocycles. The molecule has 0 unspecified atom stereocenters. The summed E-state index contributed by atoms with van der Waals surface area (Å²) >= 11 is 0. The van der Waals surface area contributed by atoms with Crippen LogP contribution >= 0.6 is 0 Å². The summed E-state index contributed by atoms with van der Waals surface area (Å²) in [5.41, 5.74) is 0.572. The zero-order valence-corrected chi connectivity index (χ0v) is 17.7. The first-order valence-electron chi connectivity index (χ1n) is 11.0. The molecule has 4 atom stereocenters. The number of aliphatic hydroxyl groups is 1. The smallest absolute Gasteiger partial charge is 0.311 e. The summed E-state index contributed by atoms with van der Waals surface area (Å²) in [5.74, 6) is -2.45. The van der Waals surface area contributed by atoms with Gasteiger partial charge in [-0.05, 0) is 31.0 Å². The molecule has 3 heterocycles. The highest BCUT2D eigenvalue weighted by molar-refractivity contribution is 5.84. The van der Waals surface area contributed by atoms with Crippen LogP contribution < -0.4 is 5.56 Å². The van der Waals surface area contributed by atoms with E-state index >= 15 is 0 Å². The van der Waals surface area contributed by atoms with Crippen molar-refractivity contribution in [1.82, 2.24) is 9.47 Å². The van der Waals surface area contributed by atoms with Gasteiger partial charge in [0.25, 0.3) is 5.56 Å². The number of pyridine rings is 1. The van der Waals surface area contributed by atoms with Gasteiger partial charge in [0.1, 0.15) is 5.82 Å². The predicted molar refractivity (Wildman–Crippen MR) is 113 cm³/mol. The normalized spacial score (nSPS) is 26.4. The Morgan fingerprint density at radius 3 is 2.53 bits per heavy atom. The number of aromatic nitrogens is 1. The van der Waals surface area contributed by atoms with E-state index < -0.39 is 35.7 Å². The quantitative estimate of drug-likeness (QED) is 0.736. The van der Waals surface area contributed by atoms with E-state index in [2.05, 4.69) is 0 Å². The van der Waals surface area contributed by atoms with E-state index in [-0.39, 0.29) is 41.7 Å². The van der Waals surface area contributed by atoms with Gasteiger partial charge in [-0.2, -0.15) is 0 Å². The molecule has 0 radical (unpaired) electrons. The Labute approximate surface area is 184 Å². The summed E-state index contributed by atoms with van der Waals surface area (Å²) in [7, 11) is 1.28. The number of aliphatic hydroxyl groups excluding tert-OH is 1. The second kappa shape index (κ2) is 7.85. The molecular weight excluding hydrogens is 415 g/mol. The van der Waals surface area contributed by atoms with Crippen LogP contribution in [-0.2, 0) is 20.9 Å². The van der Waals surface area contributed by atoms with E-state index in [9.17, 15) is 23.9 Å². The van der Waals surface area contributed by atoms with E-state index in [1.54, 1.807) is 35.2 Å². The lowest BCUT2D eigenvalue weighted by Gasteiger charge is -2.41. The molecule has 1 aromatic heterocycles. The molecular formula is C24H25FN2O5. The molecule has 0 spiro atoms. The molecule has 2 bridgehead atoms. The Bertz CT molecular complexity index is 1140. The van der Waals surface area contributed by atoms with E-state index in [1.165, 1.54) is 17.7 Å². The average molecular weight is 440 g/mol. The lowest BCUT2D eigenvalue weighted by Crippen LogP contribution is -2.51. The molecule has 1 aromatic carbocycles. The molecule has 5 rings (SSSR count). The standard InChI is InChI=1S/C24H25FN2O5/c1-32-24(31)20-16(12-28)19-11-26-18(21(20)27(19)22(29)13-5-4-6-13)10-9-15(23(26)30)14-7-2-3-8-17(14)25/h2-3,7-10,13,16,19-21,28H,4-6,11-12H2,1H3/t16-,19-,20+,21+/m1/s1. The number of ether oxygens (including phenoxy) is 1. The number of nitrogens with zero attached hydrogens (tertiary/aromatic N) is 2. The third kappa shape index (κ3) is 2.92. The largest absolute Gasteiger partial charge is 0.469 e. The minimum absolute atomic E-state index is 0.0343. The van der Waals surface area contributed by atoms with Crippen molar-refractivity contribution in [3.63, 3.8) is 0 Å². The molecule has 1 saturated carbocycles. The van der Waals surface area contributed by atoms with Gasteiger partial charge in [0.2, 0.25) is 5.91 Å². The van der Waals surface area contributed by atoms with Gasteiger partial charge >= 0.3 is 5.97 Å². The number of methoxy groups -OCH3 is 1. The number of carbonyl (C=O) groups is 2. The summed E-state index contributed by atoms with van der Waals surface area (Å²) in [4.78, 5) is 41.2. The van der Waals surface area contributed by atoms with Crippen molar-refractivity contribution in [2.75, 3.05) is 13.7 Å². The van der Waals surface area contributed by atoms with Gasteiger partial charge in [0.15, 0.2) is 0 Å². The fourth-order valence-corrected chi connectivity index (χ4v) is 5.56. The molecule has 1 amide bonds. The number of amides is 1. The van der Waals surface area contributed by atoms with Crippen molar-refractivity contribution in [3.8, 4) is 11.1 Å². The molecule has 8 heteroatoms. The van der Waals surface area contributed by atoms with Gasteiger partial charge in [-0.3, -0.25) is 14.4 Å². The van der Waals surface area contributed by atoms with E-state index in [4.69, 9.17) is 4.74 Å². The molecule has 32 heavy (non-hydrogen) atoms. The summed E-state index contributed by atoms with van der Waals surface area (Å²) < 4.78 is 21.0. The average Bonchev–Trinajstić information content (AvgIpc) is 3.00. The summed E-state index contributed by atoms with van der Waals surface area (Å²) in [6.45, 7) is -0.164. The van der Waals surface area contributed by atoms with Gasteiger partial charge < -0.3 is 19.3 Å². The Morgan fingerprint density at radius 2 is 1.91 bits per heavy atom. The molecule has 2 aromatic rings. The highest BCUT2D eigenvalue weighted by Crippen LogP contribution is 2.50. The number of halogens is 1. The van der Waals surface area contributed by atoms with Crippen molar-refractivity contribution < 1.29 is 23.8 Å². The number of hydrogen-bond acceptors (Lipinski definition) is 5. The first-order valence-corrected chi connectivity index (χ1v) is 11.0. The summed E-state index contributed by atoms with van der Waals surface area (Å²) in [5, 5.41) is 10.2. The van der Waals surface area contributed by atoms with Crippen LogP contribution in [0, 0.1) is 23.6 Å². The fraction of sp³-hybridized carbons (Fsp3) is 0.458. The molecule has 1 aliphatic carbocycles. The van der Waals surface area contributed by atoms with Crippen LogP contribution in [0.5, 0.6) is 0 Å². The molecule has 7 nitrogen and oxygen atoms in total. The summed E-state index contributed by atoms with van der Waals surface area (Å²) in [6.07, 6.45) is 2.60. The van der Waals surface area contributed by atoms with Crippen molar-refractivity contribution in [3.05, 3.63) is 58.3 Å². The predicted octanol–water partition coefficient (Wildman–Crippen LogP) is 2.12. The Morgan fingerprint density at radius 1 is 1.16 bits per heavy atom. The van der Waals surface area contributed by atoms with Crippen LogP contribution in [0.1, 0.15) is 31.0 Å². The Hall–Kier alpha value is -3.00. The van der Waals surface area contributed by atoms with Crippen molar-refractivity contribution >= 4 is 11.9 Å². The minimum Gasteiger partial charge on any atom is -0.469 e.